The van der Waals surface area contributed by atoms with E-state index >= 15 is 0 Å². The maximum absolute atomic E-state index is 12.5. The lowest BCUT2D eigenvalue weighted by molar-refractivity contribution is 0.395. The van der Waals surface area contributed by atoms with Crippen LogP contribution >= 0.6 is 11.6 Å². The number of nitrogens with one attached hydrogen (secondary N) is 1. The molecule has 0 fully saturated rings. The fourth-order valence-electron chi connectivity index (χ4n) is 1.98. The summed E-state index contributed by atoms with van der Waals surface area (Å²) < 4.78 is 37.8. The molecule has 0 saturated heterocycles. The highest BCUT2D eigenvalue weighted by Gasteiger charge is 2.17. The Bertz CT molecular complexity index is 867. The van der Waals surface area contributed by atoms with E-state index in [4.69, 9.17) is 26.8 Å². The van der Waals surface area contributed by atoms with Crippen molar-refractivity contribution in [3.63, 3.8) is 0 Å². The molecule has 0 spiro atoms. The number of benzene rings is 2. The predicted molar refractivity (Wildman–Crippen MR) is 98.8 cm³/mol. The zero-order chi connectivity index (χ0) is 18.4. The number of rotatable bonds is 7. The maximum Gasteiger partial charge on any atom is 0.262 e. The molecule has 3 N–H and O–H groups in total. The molecule has 0 saturated carbocycles. The Kier molecular flexibility index (Phi) is 6.11. The van der Waals surface area contributed by atoms with Crippen LogP contribution in [0.5, 0.6) is 11.5 Å². The number of amidine groups is 1. The second-order valence-electron chi connectivity index (χ2n) is 4.90. The molecule has 0 aliphatic carbocycles. The quantitative estimate of drug-likeness (QED) is 0.434. The number of hydrogen-bond acceptors (Lipinski definition) is 5. The lowest BCUT2D eigenvalue weighted by Crippen LogP contribution is -2.14. The molecule has 0 aliphatic heterocycles. The molecule has 25 heavy (non-hydrogen) atoms. The molecule has 0 amide bonds. The highest BCUT2D eigenvalue weighted by atomic mass is 35.5. The lowest BCUT2D eigenvalue weighted by atomic mass is 10.3. The molecule has 2 aromatic carbocycles. The van der Waals surface area contributed by atoms with Crippen LogP contribution in [0.15, 0.2) is 52.4 Å². The van der Waals surface area contributed by atoms with Crippen LogP contribution in [0.2, 0.25) is 0 Å². The van der Waals surface area contributed by atoms with Gasteiger partial charge in [0.05, 0.1) is 36.4 Å². The van der Waals surface area contributed by atoms with E-state index < -0.39 is 10.0 Å². The summed E-state index contributed by atoms with van der Waals surface area (Å²) in [5.41, 5.74) is 6.37. The number of sulfonamides is 1. The number of nitrogens with two attached hydrogens (primary N) is 1. The van der Waals surface area contributed by atoms with Gasteiger partial charge in [-0.25, -0.2) is 13.4 Å². The Hall–Kier alpha value is -2.45. The zero-order valence-electron chi connectivity index (χ0n) is 13.7. The van der Waals surface area contributed by atoms with E-state index in [2.05, 4.69) is 9.71 Å². The predicted octanol–water partition coefficient (Wildman–Crippen LogP) is 2.73. The minimum Gasteiger partial charge on any atom is -0.497 e. The van der Waals surface area contributed by atoms with E-state index in [1.807, 2.05) is 0 Å². The number of alkyl halides is 1. The fraction of sp³-hybridized carbons (Fsp3) is 0.188. The van der Waals surface area contributed by atoms with Crippen LogP contribution < -0.4 is 19.9 Å². The van der Waals surface area contributed by atoms with E-state index in [0.717, 1.165) is 0 Å². The Morgan fingerprint density at radius 3 is 2.40 bits per heavy atom. The number of nitrogens with zero attached hydrogens (tertiary/aromatic N) is 1. The van der Waals surface area contributed by atoms with Crippen molar-refractivity contribution in [3.8, 4) is 11.5 Å². The summed E-state index contributed by atoms with van der Waals surface area (Å²) in [5.74, 6) is 1.25. The lowest BCUT2D eigenvalue weighted by Gasteiger charge is -2.13. The van der Waals surface area contributed by atoms with Gasteiger partial charge in [-0.15, -0.1) is 11.6 Å². The first-order valence-corrected chi connectivity index (χ1v) is 9.15. The minimum absolute atomic E-state index is 0.0776. The zero-order valence-corrected chi connectivity index (χ0v) is 15.3. The average molecular weight is 384 g/mol. The van der Waals surface area contributed by atoms with E-state index in [1.165, 1.54) is 26.4 Å². The number of methoxy groups -OCH3 is 2. The molecular weight excluding hydrogens is 366 g/mol. The van der Waals surface area contributed by atoms with Crippen molar-refractivity contribution in [2.45, 2.75) is 4.90 Å². The van der Waals surface area contributed by atoms with Gasteiger partial charge in [-0.05, 0) is 36.4 Å². The summed E-state index contributed by atoms with van der Waals surface area (Å²) in [6, 6.07) is 10.7. The van der Waals surface area contributed by atoms with Gasteiger partial charge in [0.15, 0.2) is 0 Å². The van der Waals surface area contributed by atoms with Gasteiger partial charge in [-0.1, -0.05) is 0 Å². The largest absolute Gasteiger partial charge is 0.497 e. The van der Waals surface area contributed by atoms with Gasteiger partial charge in [-0.3, -0.25) is 4.72 Å². The van der Waals surface area contributed by atoms with Crippen molar-refractivity contribution >= 4 is 38.8 Å². The van der Waals surface area contributed by atoms with Gasteiger partial charge in [0.2, 0.25) is 0 Å². The van der Waals surface area contributed by atoms with Crippen LogP contribution in [0.25, 0.3) is 0 Å². The molecular formula is C16H18ClN3O4S. The second kappa shape index (κ2) is 8.09. The van der Waals surface area contributed by atoms with Crippen LogP contribution in [0, 0.1) is 0 Å². The molecule has 2 rings (SSSR count). The van der Waals surface area contributed by atoms with Gasteiger partial charge in [0.1, 0.15) is 17.3 Å². The molecule has 0 aliphatic rings. The van der Waals surface area contributed by atoms with E-state index in [-0.39, 0.29) is 16.6 Å². The third kappa shape index (κ3) is 4.77. The molecule has 7 nitrogen and oxygen atoms in total. The Morgan fingerprint density at radius 1 is 1.16 bits per heavy atom. The second-order valence-corrected chi connectivity index (χ2v) is 6.85. The summed E-state index contributed by atoms with van der Waals surface area (Å²) in [5, 5.41) is 0. The molecule has 0 atom stereocenters. The SMILES string of the molecule is COc1ccc(NS(=O)(=O)c2ccc(N=C(N)CCl)cc2)c(OC)c1. The van der Waals surface area contributed by atoms with Crippen LogP contribution in [0.1, 0.15) is 0 Å². The third-order valence-electron chi connectivity index (χ3n) is 3.21. The first-order valence-electron chi connectivity index (χ1n) is 7.13. The van der Waals surface area contributed by atoms with Gasteiger partial charge >= 0.3 is 0 Å². The van der Waals surface area contributed by atoms with Crippen molar-refractivity contribution in [3.05, 3.63) is 42.5 Å². The highest BCUT2D eigenvalue weighted by Crippen LogP contribution is 2.31. The Labute approximate surface area is 151 Å². The standard InChI is InChI=1S/C16H18ClN3O4S/c1-23-12-5-8-14(15(9-12)24-2)20-25(21,22)13-6-3-11(4-7-13)19-16(18)10-17/h3-9,20H,10H2,1-2H3,(H2,18,19). The molecule has 0 bridgehead atoms. The van der Waals surface area contributed by atoms with Gasteiger partial charge in [0.25, 0.3) is 10.0 Å². The Morgan fingerprint density at radius 2 is 1.84 bits per heavy atom. The van der Waals surface area contributed by atoms with E-state index in [1.54, 1.807) is 30.3 Å². The van der Waals surface area contributed by atoms with E-state index in [0.29, 0.717) is 22.9 Å². The van der Waals surface area contributed by atoms with Gasteiger partial charge in [-0.2, -0.15) is 0 Å². The van der Waals surface area contributed by atoms with Crippen molar-refractivity contribution < 1.29 is 17.9 Å². The molecule has 2 aromatic rings. The Balaban J connectivity index is 2.27. The summed E-state index contributed by atoms with van der Waals surface area (Å²) in [7, 11) is -0.834. The van der Waals surface area contributed by atoms with Gasteiger partial charge in [0, 0.05) is 6.07 Å². The number of halogens is 1. The van der Waals surface area contributed by atoms with Crippen molar-refractivity contribution in [2.75, 3.05) is 24.8 Å². The summed E-state index contributed by atoms with van der Waals surface area (Å²) in [4.78, 5) is 4.12. The van der Waals surface area contributed by atoms with Crippen LogP contribution in [-0.4, -0.2) is 34.4 Å². The van der Waals surface area contributed by atoms with Crippen molar-refractivity contribution in [1.82, 2.24) is 0 Å². The van der Waals surface area contributed by atoms with Crippen LogP contribution in [0.4, 0.5) is 11.4 Å². The highest BCUT2D eigenvalue weighted by molar-refractivity contribution is 7.92. The summed E-state index contributed by atoms with van der Waals surface area (Å²) >= 11 is 5.56. The van der Waals surface area contributed by atoms with Crippen LogP contribution in [0.3, 0.4) is 0 Å². The van der Waals surface area contributed by atoms with Crippen LogP contribution in [-0.2, 0) is 10.0 Å². The minimum atomic E-state index is -3.79. The molecule has 0 aromatic heterocycles. The monoisotopic (exact) mass is 383 g/mol. The topological polar surface area (TPSA) is 103 Å². The molecule has 134 valence electrons. The molecule has 0 unspecified atom stereocenters. The third-order valence-corrected chi connectivity index (χ3v) is 4.86. The maximum atomic E-state index is 12.5. The molecule has 9 heteroatoms. The fourth-order valence-corrected chi connectivity index (χ4v) is 3.11. The average Bonchev–Trinajstić information content (AvgIpc) is 2.62. The smallest absolute Gasteiger partial charge is 0.262 e. The number of aliphatic imine (C=N–C) groups is 1. The molecule has 0 heterocycles. The number of ether oxygens (including phenoxy) is 2. The summed E-state index contributed by atoms with van der Waals surface area (Å²) in [6.07, 6.45) is 0. The van der Waals surface area contributed by atoms with Crippen molar-refractivity contribution in [1.29, 1.82) is 0 Å². The van der Waals surface area contributed by atoms with E-state index in [9.17, 15) is 8.42 Å². The van der Waals surface area contributed by atoms with Crippen molar-refractivity contribution in [2.24, 2.45) is 10.7 Å². The van der Waals surface area contributed by atoms with Gasteiger partial charge < -0.3 is 15.2 Å². The number of hydrogen-bond donors (Lipinski definition) is 2. The first kappa shape index (κ1) is 18.9. The normalized spacial score (nSPS) is 11.9. The summed E-state index contributed by atoms with van der Waals surface area (Å²) in [6.45, 7) is 0. The number of anilines is 1. The molecule has 0 radical (unpaired) electrons. The first-order chi connectivity index (χ1) is 11.9.